The summed E-state index contributed by atoms with van der Waals surface area (Å²) in [5.41, 5.74) is 0.434. The first-order chi connectivity index (χ1) is 12.0. The van der Waals surface area contributed by atoms with Crippen LogP contribution in [0, 0.1) is 18.3 Å². The molecule has 1 aromatic rings. The summed E-state index contributed by atoms with van der Waals surface area (Å²) in [6.07, 6.45) is 7.38. The standard InChI is InChI=1S/C19H34N6/c1-5-9-19(3)10-6-11-24(14-19)18(20-4)21-12-16-7-8-17-23-22-15(2)25(17)13-16/h16H,5-14H2,1-4H3,(H,20,21). The quantitative estimate of drug-likeness (QED) is 0.672. The fraction of sp³-hybridized carbons (Fsp3) is 0.842. The Labute approximate surface area is 152 Å². The molecular weight excluding hydrogens is 312 g/mol. The van der Waals surface area contributed by atoms with Gasteiger partial charge in [-0.15, -0.1) is 10.2 Å². The average Bonchev–Trinajstić information content (AvgIpc) is 2.96. The molecule has 3 heterocycles. The van der Waals surface area contributed by atoms with Gasteiger partial charge in [0, 0.05) is 39.6 Å². The number of aryl methyl sites for hydroxylation is 2. The van der Waals surface area contributed by atoms with E-state index in [0.717, 1.165) is 50.2 Å². The Balaban J connectivity index is 1.56. The summed E-state index contributed by atoms with van der Waals surface area (Å²) >= 11 is 0. The van der Waals surface area contributed by atoms with Crippen molar-refractivity contribution in [1.29, 1.82) is 0 Å². The molecule has 2 atom stereocenters. The maximum atomic E-state index is 4.57. The molecular formula is C19H34N6. The van der Waals surface area contributed by atoms with Crippen LogP contribution in [0.4, 0.5) is 0 Å². The molecule has 2 aliphatic rings. The minimum absolute atomic E-state index is 0.434. The van der Waals surface area contributed by atoms with E-state index < -0.39 is 0 Å². The van der Waals surface area contributed by atoms with Crippen LogP contribution in [0.1, 0.15) is 57.6 Å². The predicted octanol–water partition coefficient (Wildman–Crippen LogP) is 2.63. The van der Waals surface area contributed by atoms with Gasteiger partial charge < -0.3 is 14.8 Å². The highest BCUT2D eigenvalue weighted by molar-refractivity contribution is 5.80. The van der Waals surface area contributed by atoms with Gasteiger partial charge in [-0.25, -0.2) is 0 Å². The second-order valence-corrected chi connectivity index (χ2v) is 8.19. The third-order valence-corrected chi connectivity index (χ3v) is 5.92. The lowest BCUT2D eigenvalue weighted by atomic mass is 9.78. The molecule has 6 heteroatoms. The minimum Gasteiger partial charge on any atom is -0.356 e. The summed E-state index contributed by atoms with van der Waals surface area (Å²) in [4.78, 5) is 7.04. The fourth-order valence-corrected chi connectivity index (χ4v) is 4.57. The number of rotatable bonds is 4. The number of nitrogens with zero attached hydrogens (tertiary/aromatic N) is 5. The Morgan fingerprint density at radius 2 is 2.24 bits per heavy atom. The smallest absolute Gasteiger partial charge is 0.193 e. The number of likely N-dealkylation sites (tertiary alicyclic amines) is 1. The Morgan fingerprint density at radius 3 is 3.00 bits per heavy atom. The van der Waals surface area contributed by atoms with Crippen LogP contribution in [0.15, 0.2) is 4.99 Å². The van der Waals surface area contributed by atoms with Crippen LogP contribution in [-0.2, 0) is 13.0 Å². The van der Waals surface area contributed by atoms with Gasteiger partial charge in [-0.3, -0.25) is 4.99 Å². The normalized spacial score (nSPS) is 27.3. The molecule has 0 aromatic carbocycles. The molecule has 1 aromatic heterocycles. The number of aromatic nitrogens is 3. The van der Waals surface area contributed by atoms with Crippen molar-refractivity contribution in [1.82, 2.24) is 25.0 Å². The van der Waals surface area contributed by atoms with Crippen molar-refractivity contribution in [3.63, 3.8) is 0 Å². The Morgan fingerprint density at radius 1 is 1.40 bits per heavy atom. The molecule has 0 saturated carbocycles. The molecule has 0 radical (unpaired) electrons. The van der Waals surface area contributed by atoms with E-state index in [1.165, 1.54) is 32.1 Å². The largest absolute Gasteiger partial charge is 0.356 e. The molecule has 2 unspecified atom stereocenters. The van der Waals surface area contributed by atoms with Crippen molar-refractivity contribution >= 4 is 5.96 Å². The zero-order valence-corrected chi connectivity index (χ0v) is 16.4. The van der Waals surface area contributed by atoms with Gasteiger partial charge in [-0.05, 0) is 43.9 Å². The molecule has 6 nitrogen and oxygen atoms in total. The van der Waals surface area contributed by atoms with E-state index in [2.05, 4.69) is 43.8 Å². The van der Waals surface area contributed by atoms with Gasteiger partial charge in [0.05, 0.1) is 0 Å². The molecule has 2 aliphatic heterocycles. The minimum atomic E-state index is 0.434. The molecule has 1 saturated heterocycles. The summed E-state index contributed by atoms with van der Waals surface area (Å²) < 4.78 is 2.28. The summed E-state index contributed by atoms with van der Waals surface area (Å²) in [7, 11) is 1.91. The van der Waals surface area contributed by atoms with E-state index in [0.29, 0.717) is 11.3 Å². The van der Waals surface area contributed by atoms with E-state index in [9.17, 15) is 0 Å². The van der Waals surface area contributed by atoms with Crippen LogP contribution >= 0.6 is 0 Å². The van der Waals surface area contributed by atoms with Gasteiger partial charge in [0.2, 0.25) is 0 Å². The molecule has 1 fully saturated rings. The number of aliphatic imine (C=N–C) groups is 1. The first-order valence-corrected chi connectivity index (χ1v) is 9.89. The Hall–Kier alpha value is -1.59. The lowest BCUT2D eigenvalue weighted by molar-refractivity contribution is 0.142. The van der Waals surface area contributed by atoms with Crippen molar-refractivity contribution in [2.24, 2.45) is 16.3 Å². The number of guanidine groups is 1. The van der Waals surface area contributed by atoms with Crippen molar-refractivity contribution in [3.8, 4) is 0 Å². The zero-order valence-electron chi connectivity index (χ0n) is 16.4. The highest BCUT2D eigenvalue weighted by Crippen LogP contribution is 2.34. The second-order valence-electron chi connectivity index (χ2n) is 8.19. The molecule has 1 N–H and O–H groups in total. The van der Waals surface area contributed by atoms with Crippen molar-refractivity contribution in [2.75, 3.05) is 26.7 Å². The average molecular weight is 347 g/mol. The van der Waals surface area contributed by atoms with Crippen LogP contribution in [0.5, 0.6) is 0 Å². The lowest BCUT2D eigenvalue weighted by Gasteiger charge is -2.42. The SMILES string of the molecule is CCCC1(C)CCCN(C(=NC)NCC2CCc3nnc(C)n3C2)C1. The van der Waals surface area contributed by atoms with Gasteiger partial charge in [0.25, 0.3) is 0 Å². The van der Waals surface area contributed by atoms with Crippen molar-refractivity contribution in [3.05, 3.63) is 11.6 Å². The summed E-state index contributed by atoms with van der Waals surface area (Å²) in [5, 5.41) is 12.1. The molecule has 0 amide bonds. The third kappa shape index (κ3) is 4.15. The molecule has 3 rings (SSSR count). The summed E-state index contributed by atoms with van der Waals surface area (Å²) in [6, 6.07) is 0. The van der Waals surface area contributed by atoms with E-state index in [-0.39, 0.29) is 0 Å². The monoisotopic (exact) mass is 346 g/mol. The van der Waals surface area contributed by atoms with Gasteiger partial charge in [-0.1, -0.05) is 20.3 Å². The van der Waals surface area contributed by atoms with Gasteiger partial charge >= 0.3 is 0 Å². The summed E-state index contributed by atoms with van der Waals surface area (Å²) in [5.74, 6) is 3.87. The first kappa shape index (κ1) is 18.2. The van der Waals surface area contributed by atoms with Crippen LogP contribution in [0.25, 0.3) is 0 Å². The number of hydrogen-bond acceptors (Lipinski definition) is 3. The van der Waals surface area contributed by atoms with Crippen molar-refractivity contribution < 1.29 is 0 Å². The van der Waals surface area contributed by atoms with Crippen LogP contribution < -0.4 is 5.32 Å². The molecule has 0 bridgehead atoms. The number of hydrogen-bond donors (Lipinski definition) is 1. The number of nitrogens with one attached hydrogen (secondary N) is 1. The van der Waals surface area contributed by atoms with Crippen LogP contribution in [-0.4, -0.2) is 52.3 Å². The highest BCUT2D eigenvalue weighted by atomic mass is 15.3. The topological polar surface area (TPSA) is 58.3 Å². The number of fused-ring (bicyclic) bond motifs is 1. The predicted molar refractivity (Wildman–Crippen MR) is 102 cm³/mol. The second kappa shape index (κ2) is 7.75. The maximum absolute atomic E-state index is 4.57. The third-order valence-electron chi connectivity index (χ3n) is 5.92. The van der Waals surface area contributed by atoms with E-state index in [1.807, 2.05) is 14.0 Å². The molecule has 0 aliphatic carbocycles. The molecule has 140 valence electrons. The van der Waals surface area contributed by atoms with Crippen LogP contribution in [0.3, 0.4) is 0 Å². The van der Waals surface area contributed by atoms with E-state index in [1.54, 1.807) is 0 Å². The highest BCUT2D eigenvalue weighted by Gasteiger charge is 2.31. The Kier molecular flexibility index (Phi) is 5.64. The van der Waals surface area contributed by atoms with Crippen LogP contribution in [0.2, 0.25) is 0 Å². The summed E-state index contributed by atoms with van der Waals surface area (Å²) in [6.45, 7) is 11.0. The molecule has 25 heavy (non-hydrogen) atoms. The first-order valence-electron chi connectivity index (χ1n) is 9.89. The van der Waals surface area contributed by atoms with Gasteiger partial charge in [-0.2, -0.15) is 0 Å². The van der Waals surface area contributed by atoms with E-state index >= 15 is 0 Å². The van der Waals surface area contributed by atoms with Gasteiger partial charge in [0.15, 0.2) is 5.96 Å². The molecule has 0 spiro atoms. The fourth-order valence-electron chi connectivity index (χ4n) is 4.57. The lowest BCUT2D eigenvalue weighted by Crippen LogP contribution is -2.50. The van der Waals surface area contributed by atoms with Crippen molar-refractivity contribution in [2.45, 2.75) is 65.8 Å². The van der Waals surface area contributed by atoms with E-state index in [4.69, 9.17) is 0 Å². The number of piperidine rings is 1. The van der Waals surface area contributed by atoms with Gasteiger partial charge in [0.1, 0.15) is 11.6 Å². The Bertz CT molecular complexity index is 603. The zero-order chi connectivity index (χ0) is 17.9. The maximum Gasteiger partial charge on any atom is 0.193 e.